The maximum Gasteiger partial charge on any atom is 0.329 e. The third-order valence-corrected chi connectivity index (χ3v) is 5.50. The largest absolute Gasteiger partial charge is 0.339 e. The van der Waals surface area contributed by atoms with Gasteiger partial charge in [-0.1, -0.05) is 13.8 Å². The number of aromatic nitrogens is 3. The van der Waals surface area contributed by atoms with Crippen molar-refractivity contribution in [1.29, 1.82) is 0 Å². The van der Waals surface area contributed by atoms with Crippen molar-refractivity contribution >= 4 is 41.8 Å². The molecule has 30 heavy (non-hydrogen) atoms. The van der Waals surface area contributed by atoms with Gasteiger partial charge in [-0.05, 0) is 51.3 Å². The number of aromatic amines is 1. The third kappa shape index (κ3) is 5.04. The van der Waals surface area contributed by atoms with Gasteiger partial charge in [0.15, 0.2) is 5.65 Å². The van der Waals surface area contributed by atoms with Crippen molar-refractivity contribution in [3.8, 4) is 0 Å². The fraction of sp³-hybridized carbons (Fsp3) is 0.600. The summed E-state index contributed by atoms with van der Waals surface area (Å²) in [6, 6.07) is 1.72. The van der Waals surface area contributed by atoms with Gasteiger partial charge in [0.05, 0.1) is 10.9 Å². The molecule has 168 valence electrons. The Labute approximate surface area is 188 Å². The standard InChI is InChI=1S/C20H29N5O3.2ClH/c1-5-25-17-16(18(26)23-20(25)28)14(10-15(22-17)12(2)3)19(27)24-8-6-13(7-9-24)11-21-4;;/h10,12-13,21H,5-9,11H2,1-4H3,(H,23,26,28);2*1H. The Kier molecular flexibility index (Phi) is 9.52. The van der Waals surface area contributed by atoms with E-state index in [1.165, 1.54) is 4.57 Å². The van der Waals surface area contributed by atoms with Crippen LogP contribution in [0.25, 0.3) is 11.0 Å². The number of fused-ring (bicyclic) bond motifs is 1. The summed E-state index contributed by atoms with van der Waals surface area (Å²) in [5.74, 6) is 0.462. The van der Waals surface area contributed by atoms with Crippen LogP contribution in [0.5, 0.6) is 0 Å². The molecule has 3 heterocycles. The first-order chi connectivity index (χ1) is 13.4. The van der Waals surface area contributed by atoms with E-state index in [1.54, 1.807) is 6.07 Å². The summed E-state index contributed by atoms with van der Waals surface area (Å²) in [5.41, 5.74) is 0.272. The molecule has 2 aromatic heterocycles. The van der Waals surface area contributed by atoms with E-state index in [4.69, 9.17) is 0 Å². The van der Waals surface area contributed by atoms with Crippen LogP contribution in [0.2, 0.25) is 0 Å². The van der Waals surface area contributed by atoms with Gasteiger partial charge in [-0.2, -0.15) is 0 Å². The molecule has 1 aliphatic rings. The summed E-state index contributed by atoms with van der Waals surface area (Å²) < 4.78 is 1.42. The SMILES string of the molecule is CCn1c(=O)[nH]c(=O)c2c(C(=O)N3CCC(CNC)CC3)cc(C(C)C)nc21.Cl.Cl. The average Bonchev–Trinajstić information content (AvgIpc) is 2.67. The second kappa shape index (κ2) is 10.9. The Morgan fingerprint density at radius 2 is 1.90 bits per heavy atom. The lowest BCUT2D eigenvalue weighted by Crippen LogP contribution is -2.41. The number of nitrogens with one attached hydrogen (secondary N) is 2. The Balaban J connectivity index is 0.00000225. The van der Waals surface area contributed by atoms with Crippen LogP contribution < -0.4 is 16.6 Å². The molecular weight excluding hydrogens is 429 g/mol. The summed E-state index contributed by atoms with van der Waals surface area (Å²) in [5, 5.41) is 3.40. The van der Waals surface area contributed by atoms with Crippen molar-refractivity contribution in [2.24, 2.45) is 5.92 Å². The molecule has 2 N–H and O–H groups in total. The molecule has 0 radical (unpaired) electrons. The predicted octanol–water partition coefficient (Wildman–Crippen LogP) is 2.14. The van der Waals surface area contributed by atoms with Crippen LogP contribution in [0.1, 0.15) is 55.6 Å². The number of carbonyl (C=O) groups is 1. The Bertz CT molecular complexity index is 994. The number of pyridine rings is 1. The first kappa shape index (κ1) is 26.1. The maximum absolute atomic E-state index is 13.3. The van der Waals surface area contributed by atoms with Crippen molar-refractivity contribution in [3.63, 3.8) is 0 Å². The van der Waals surface area contributed by atoms with Crippen LogP contribution in [0, 0.1) is 5.92 Å². The number of amides is 1. The molecule has 0 saturated carbocycles. The highest BCUT2D eigenvalue weighted by Gasteiger charge is 2.27. The molecule has 1 aliphatic heterocycles. The highest BCUT2D eigenvalue weighted by atomic mass is 35.5. The van der Waals surface area contributed by atoms with Crippen LogP contribution >= 0.6 is 24.8 Å². The number of rotatable bonds is 5. The number of hydrogen-bond donors (Lipinski definition) is 2. The van der Waals surface area contributed by atoms with Gasteiger partial charge in [-0.3, -0.25) is 19.1 Å². The van der Waals surface area contributed by atoms with E-state index in [0.29, 0.717) is 36.8 Å². The lowest BCUT2D eigenvalue weighted by molar-refractivity contribution is 0.0692. The monoisotopic (exact) mass is 459 g/mol. The smallest absolute Gasteiger partial charge is 0.329 e. The molecule has 8 nitrogen and oxygen atoms in total. The van der Waals surface area contributed by atoms with E-state index in [-0.39, 0.29) is 47.7 Å². The number of aryl methyl sites for hydroxylation is 1. The molecule has 0 unspecified atom stereocenters. The zero-order chi connectivity index (χ0) is 20.4. The van der Waals surface area contributed by atoms with Gasteiger partial charge in [0.2, 0.25) is 0 Å². The summed E-state index contributed by atoms with van der Waals surface area (Å²) in [6.45, 7) is 8.41. The van der Waals surface area contributed by atoms with E-state index in [1.807, 2.05) is 32.7 Å². The normalized spacial score (nSPS) is 14.5. The second-order valence-corrected chi connectivity index (χ2v) is 7.74. The van der Waals surface area contributed by atoms with Gasteiger partial charge in [-0.25, -0.2) is 9.78 Å². The number of halogens is 2. The number of nitrogens with zero attached hydrogens (tertiary/aromatic N) is 3. The Morgan fingerprint density at radius 1 is 1.27 bits per heavy atom. The molecule has 0 aromatic carbocycles. The molecule has 2 aromatic rings. The molecule has 10 heteroatoms. The average molecular weight is 460 g/mol. The van der Waals surface area contributed by atoms with E-state index in [0.717, 1.165) is 19.4 Å². The zero-order valence-electron chi connectivity index (χ0n) is 17.9. The minimum atomic E-state index is -0.555. The minimum Gasteiger partial charge on any atom is -0.339 e. The van der Waals surface area contributed by atoms with E-state index >= 15 is 0 Å². The fourth-order valence-corrected chi connectivity index (χ4v) is 3.85. The molecular formula is C20H31Cl2N5O3. The summed E-state index contributed by atoms with van der Waals surface area (Å²) >= 11 is 0. The number of piperidine rings is 1. The van der Waals surface area contributed by atoms with Crippen molar-refractivity contribution < 1.29 is 4.79 Å². The van der Waals surface area contributed by atoms with Crippen molar-refractivity contribution in [2.45, 2.75) is 46.1 Å². The highest BCUT2D eigenvalue weighted by Crippen LogP contribution is 2.23. The number of hydrogen-bond acceptors (Lipinski definition) is 5. The number of carbonyl (C=O) groups excluding carboxylic acids is 1. The fourth-order valence-electron chi connectivity index (χ4n) is 3.85. The zero-order valence-corrected chi connectivity index (χ0v) is 19.5. The summed E-state index contributed by atoms with van der Waals surface area (Å²) in [4.78, 5) is 46.9. The number of likely N-dealkylation sites (tertiary alicyclic amines) is 1. The second-order valence-electron chi connectivity index (χ2n) is 7.74. The molecule has 3 rings (SSSR count). The van der Waals surface area contributed by atoms with Crippen LogP contribution in [0.15, 0.2) is 15.7 Å². The van der Waals surface area contributed by atoms with Crippen LogP contribution in [-0.2, 0) is 6.54 Å². The Morgan fingerprint density at radius 3 is 2.43 bits per heavy atom. The van der Waals surface area contributed by atoms with Gasteiger partial charge in [0, 0.05) is 25.3 Å². The first-order valence-electron chi connectivity index (χ1n) is 9.99. The van der Waals surface area contributed by atoms with Crippen molar-refractivity contribution in [1.82, 2.24) is 24.8 Å². The van der Waals surface area contributed by atoms with Crippen LogP contribution in [-0.4, -0.2) is 52.0 Å². The maximum atomic E-state index is 13.3. The molecule has 1 fully saturated rings. The predicted molar refractivity (Wildman–Crippen MR) is 123 cm³/mol. The van der Waals surface area contributed by atoms with Crippen molar-refractivity contribution in [3.05, 3.63) is 38.2 Å². The lowest BCUT2D eigenvalue weighted by Gasteiger charge is -2.32. The van der Waals surface area contributed by atoms with Crippen LogP contribution in [0.3, 0.4) is 0 Å². The van der Waals surface area contributed by atoms with Gasteiger partial charge in [0.25, 0.3) is 11.5 Å². The number of H-pyrrole nitrogens is 1. The first-order valence-corrected chi connectivity index (χ1v) is 9.99. The van der Waals surface area contributed by atoms with E-state index < -0.39 is 11.2 Å². The topological polar surface area (TPSA) is 100 Å². The van der Waals surface area contributed by atoms with Crippen LogP contribution in [0.4, 0.5) is 0 Å². The Hall–Kier alpha value is -1.90. The molecule has 1 amide bonds. The van der Waals surface area contributed by atoms with Gasteiger partial charge in [0.1, 0.15) is 0 Å². The quantitative estimate of drug-likeness (QED) is 0.712. The summed E-state index contributed by atoms with van der Waals surface area (Å²) in [6.07, 6.45) is 1.87. The molecule has 0 spiro atoms. The lowest BCUT2D eigenvalue weighted by atomic mass is 9.96. The molecule has 0 atom stereocenters. The van der Waals surface area contributed by atoms with Gasteiger partial charge < -0.3 is 10.2 Å². The minimum absolute atomic E-state index is 0. The third-order valence-electron chi connectivity index (χ3n) is 5.50. The summed E-state index contributed by atoms with van der Waals surface area (Å²) in [7, 11) is 1.94. The molecule has 0 bridgehead atoms. The molecule has 1 saturated heterocycles. The van der Waals surface area contributed by atoms with Gasteiger partial charge >= 0.3 is 5.69 Å². The van der Waals surface area contributed by atoms with Gasteiger partial charge in [-0.15, -0.1) is 24.8 Å². The van der Waals surface area contributed by atoms with Crippen molar-refractivity contribution in [2.75, 3.05) is 26.7 Å². The highest BCUT2D eigenvalue weighted by molar-refractivity contribution is 6.05. The van der Waals surface area contributed by atoms with E-state index in [9.17, 15) is 14.4 Å². The van der Waals surface area contributed by atoms with E-state index in [2.05, 4.69) is 15.3 Å². The molecule has 0 aliphatic carbocycles.